The second kappa shape index (κ2) is 43.0. The standard InChI is InChI=1S/C45H86O4/c1-3-5-7-9-11-13-15-16-17-18-19-20-21-22-23-24-25-26-27-28-29-31-33-35-37-39-41-48-43-44(42-46)49-45(47)40-38-36-34-32-30-14-12-10-8-6-4-2/h15-16,18-19,44,46H,3-14,17,20-43H2,1-2H3/b16-15-,19-18-. The normalized spacial score (nSPS) is 12.5. The van der Waals surface area contributed by atoms with Crippen LogP contribution in [-0.4, -0.2) is 37.0 Å². The molecule has 290 valence electrons. The molecule has 49 heavy (non-hydrogen) atoms. The smallest absolute Gasteiger partial charge is 0.306 e. The molecule has 0 spiro atoms. The van der Waals surface area contributed by atoms with E-state index in [9.17, 15) is 9.90 Å². The molecule has 0 radical (unpaired) electrons. The quantitative estimate of drug-likeness (QED) is 0.0394. The summed E-state index contributed by atoms with van der Waals surface area (Å²) in [6.45, 7) is 5.35. The van der Waals surface area contributed by atoms with E-state index in [1.165, 1.54) is 186 Å². The molecule has 0 bridgehead atoms. The first-order valence-corrected chi connectivity index (χ1v) is 21.9. The lowest BCUT2D eigenvalue weighted by Crippen LogP contribution is -2.27. The molecule has 0 aromatic rings. The molecule has 4 nitrogen and oxygen atoms in total. The van der Waals surface area contributed by atoms with E-state index in [0.29, 0.717) is 19.6 Å². The van der Waals surface area contributed by atoms with Crippen LogP contribution in [0.3, 0.4) is 0 Å². The van der Waals surface area contributed by atoms with Crippen LogP contribution >= 0.6 is 0 Å². The maximum absolute atomic E-state index is 12.1. The van der Waals surface area contributed by atoms with E-state index in [0.717, 1.165) is 25.7 Å². The van der Waals surface area contributed by atoms with Crippen molar-refractivity contribution in [2.45, 2.75) is 238 Å². The van der Waals surface area contributed by atoms with Crippen LogP contribution in [0.15, 0.2) is 24.3 Å². The van der Waals surface area contributed by atoms with Crippen molar-refractivity contribution < 1.29 is 19.4 Å². The van der Waals surface area contributed by atoms with Crippen molar-refractivity contribution in [3.8, 4) is 0 Å². The van der Waals surface area contributed by atoms with Crippen molar-refractivity contribution in [2.24, 2.45) is 0 Å². The zero-order valence-electron chi connectivity index (χ0n) is 33.2. The Hall–Kier alpha value is -1.13. The Morgan fingerprint density at radius 1 is 0.490 bits per heavy atom. The molecule has 1 unspecified atom stereocenters. The van der Waals surface area contributed by atoms with Crippen LogP contribution < -0.4 is 0 Å². The average Bonchev–Trinajstić information content (AvgIpc) is 3.11. The highest BCUT2D eigenvalue weighted by molar-refractivity contribution is 5.69. The minimum Gasteiger partial charge on any atom is -0.457 e. The fraction of sp³-hybridized carbons (Fsp3) is 0.889. The number of carbonyl (C=O) groups excluding carboxylic acids is 1. The number of aliphatic hydroxyl groups excluding tert-OH is 1. The van der Waals surface area contributed by atoms with E-state index in [1.807, 2.05) is 0 Å². The number of ether oxygens (including phenoxy) is 2. The summed E-state index contributed by atoms with van der Waals surface area (Å²) in [4.78, 5) is 12.1. The molecule has 0 fully saturated rings. The van der Waals surface area contributed by atoms with Gasteiger partial charge in [0.25, 0.3) is 0 Å². The molecule has 4 heteroatoms. The molecule has 0 aliphatic rings. The van der Waals surface area contributed by atoms with E-state index >= 15 is 0 Å². The number of carbonyl (C=O) groups is 1. The third-order valence-corrected chi connectivity index (χ3v) is 9.78. The molecule has 0 aliphatic carbocycles. The maximum Gasteiger partial charge on any atom is 0.306 e. The lowest BCUT2D eigenvalue weighted by molar-refractivity contribution is -0.154. The number of hydrogen-bond donors (Lipinski definition) is 1. The SMILES string of the molecule is CCCCCCC/C=C\C/C=C\CCCCCCCCCCCCCCCCOCC(CO)OC(=O)CCCCCCCCCCCCC. The summed E-state index contributed by atoms with van der Waals surface area (Å²) < 4.78 is 11.1. The second-order valence-corrected chi connectivity index (χ2v) is 14.8. The highest BCUT2D eigenvalue weighted by Crippen LogP contribution is 2.15. The number of rotatable bonds is 41. The average molecular weight is 691 g/mol. The Labute approximate surface area is 307 Å². The molecule has 0 saturated heterocycles. The minimum atomic E-state index is -0.528. The number of aliphatic hydroxyl groups is 1. The first-order chi connectivity index (χ1) is 24.2. The van der Waals surface area contributed by atoms with E-state index < -0.39 is 6.10 Å². The number of allylic oxidation sites excluding steroid dienone is 4. The first kappa shape index (κ1) is 47.9. The van der Waals surface area contributed by atoms with Gasteiger partial charge in [0.2, 0.25) is 0 Å². The third-order valence-electron chi connectivity index (χ3n) is 9.78. The monoisotopic (exact) mass is 691 g/mol. The molecule has 0 saturated carbocycles. The van der Waals surface area contributed by atoms with Crippen LogP contribution in [0.2, 0.25) is 0 Å². The zero-order valence-corrected chi connectivity index (χ0v) is 33.2. The molecular weight excluding hydrogens is 604 g/mol. The summed E-state index contributed by atoms with van der Waals surface area (Å²) >= 11 is 0. The maximum atomic E-state index is 12.1. The fourth-order valence-electron chi connectivity index (χ4n) is 6.48. The summed E-state index contributed by atoms with van der Waals surface area (Å²) in [6, 6.07) is 0. The first-order valence-electron chi connectivity index (χ1n) is 21.9. The summed E-state index contributed by atoms with van der Waals surface area (Å²) in [7, 11) is 0. The van der Waals surface area contributed by atoms with Crippen LogP contribution in [0, 0.1) is 0 Å². The lowest BCUT2D eigenvalue weighted by atomic mass is 10.0. The molecule has 0 aliphatic heterocycles. The van der Waals surface area contributed by atoms with E-state index in [2.05, 4.69) is 38.2 Å². The largest absolute Gasteiger partial charge is 0.457 e. The van der Waals surface area contributed by atoms with Crippen LogP contribution in [0.25, 0.3) is 0 Å². The van der Waals surface area contributed by atoms with Gasteiger partial charge in [0, 0.05) is 13.0 Å². The van der Waals surface area contributed by atoms with Crippen molar-refractivity contribution in [3.05, 3.63) is 24.3 Å². The lowest BCUT2D eigenvalue weighted by Gasteiger charge is -2.16. The molecule has 0 aromatic heterocycles. The molecule has 1 N–H and O–H groups in total. The number of unbranched alkanes of at least 4 members (excludes halogenated alkanes) is 29. The van der Waals surface area contributed by atoms with Gasteiger partial charge in [-0.15, -0.1) is 0 Å². The summed E-state index contributed by atoms with van der Waals surface area (Å²) in [6.07, 6.45) is 52.5. The summed E-state index contributed by atoms with van der Waals surface area (Å²) in [5.74, 6) is -0.199. The van der Waals surface area contributed by atoms with Crippen molar-refractivity contribution in [2.75, 3.05) is 19.8 Å². The van der Waals surface area contributed by atoms with E-state index in [4.69, 9.17) is 9.47 Å². The number of hydrogen-bond acceptors (Lipinski definition) is 4. The molecule has 0 heterocycles. The van der Waals surface area contributed by atoms with Crippen LogP contribution in [0.5, 0.6) is 0 Å². The van der Waals surface area contributed by atoms with Gasteiger partial charge in [-0.2, -0.15) is 0 Å². The second-order valence-electron chi connectivity index (χ2n) is 14.8. The van der Waals surface area contributed by atoms with Gasteiger partial charge in [-0.05, 0) is 44.9 Å². The summed E-state index contributed by atoms with van der Waals surface area (Å²) in [5, 5.41) is 9.58. The highest BCUT2D eigenvalue weighted by Gasteiger charge is 2.13. The van der Waals surface area contributed by atoms with Crippen molar-refractivity contribution in [1.82, 2.24) is 0 Å². The Kier molecular flexibility index (Phi) is 42.0. The molecule has 1 atom stereocenters. The molecular formula is C45H86O4. The number of esters is 1. The zero-order chi connectivity index (χ0) is 35.6. The van der Waals surface area contributed by atoms with Gasteiger partial charge in [-0.3, -0.25) is 4.79 Å². The van der Waals surface area contributed by atoms with Gasteiger partial charge in [0.15, 0.2) is 0 Å². The minimum absolute atomic E-state index is 0.167. The predicted molar refractivity (Wildman–Crippen MR) is 214 cm³/mol. The Morgan fingerprint density at radius 2 is 0.857 bits per heavy atom. The molecule has 0 rings (SSSR count). The Morgan fingerprint density at radius 3 is 1.27 bits per heavy atom. The van der Waals surface area contributed by atoms with Crippen LogP contribution in [0.4, 0.5) is 0 Å². The van der Waals surface area contributed by atoms with Gasteiger partial charge in [-0.25, -0.2) is 0 Å². The van der Waals surface area contributed by atoms with Gasteiger partial charge >= 0.3 is 5.97 Å². The highest BCUT2D eigenvalue weighted by atomic mass is 16.6. The fourth-order valence-corrected chi connectivity index (χ4v) is 6.48. The van der Waals surface area contributed by atoms with Gasteiger partial charge in [0.05, 0.1) is 13.2 Å². The van der Waals surface area contributed by atoms with Crippen molar-refractivity contribution in [1.29, 1.82) is 0 Å². The molecule has 0 amide bonds. The van der Waals surface area contributed by atoms with Crippen molar-refractivity contribution in [3.63, 3.8) is 0 Å². The van der Waals surface area contributed by atoms with Crippen molar-refractivity contribution >= 4 is 5.97 Å². The third kappa shape index (κ3) is 41.2. The Bertz CT molecular complexity index is 688. The van der Waals surface area contributed by atoms with Crippen LogP contribution in [-0.2, 0) is 14.3 Å². The topological polar surface area (TPSA) is 55.8 Å². The summed E-state index contributed by atoms with van der Waals surface area (Å²) in [5.41, 5.74) is 0. The predicted octanol–water partition coefficient (Wildman–Crippen LogP) is 14.3. The van der Waals surface area contributed by atoms with Crippen LogP contribution in [0.1, 0.15) is 232 Å². The van der Waals surface area contributed by atoms with Gasteiger partial charge < -0.3 is 14.6 Å². The van der Waals surface area contributed by atoms with E-state index in [1.54, 1.807) is 0 Å². The van der Waals surface area contributed by atoms with Gasteiger partial charge in [-0.1, -0.05) is 205 Å². The Balaban J connectivity index is 3.35. The van der Waals surface area contributed by atoms with Gasteiger partial charge in [0.1, 0.15) is 6.10 Å². The molecule has 0 aromatic carbocycles. The van der Waals surface area contributed by atoms with E-state index in [-0.39, 0.29) is 12.6 Å².